The number of benzene rings is 1. The molecule has 2 nitrogen and oxygen atoms in total. The van der Waals surface area contributed by atoms with E-state index in [1.807, 2.05) is 11.8 Å². The van der Waals surface area contributed by atoms with Gasteiger partial charge in [-0.25, -0.2) is 0 Å². The molecule has 1 aliphatic carbocycles. The van der Waals surface area contributed by atoms with Crippen LogP contribution >= 0.6 is 11.8 Å². The Balaban J connectivity index is 1.57. The molecule has 1 fully saturated rings. The fraction of sp³-hybridized carbons (Fsp3) is 0.571. The molecule has 0 unspecified atom stereocenters. The molecule has 0 heterocycles. The smallest absolute Gasteiger partial charge is 0.0106 e. The summed E-state index contributed by atoms with van der Waals surface area (Å²) in [5, 5.41) is 3.64. The van der Waals surface area contributed by atoms with Crippen molar-refractivity contribution in [1.82, 2.24) is 5.32 Å². The fourth-order valence-electron chi connectivity index (χ4n) is 2.27. The first-order chi connectivity index (χ1) is 8.34. The quantitative estimate of drug-likeness (QED) is 0.623. The zero-order valence-electron chi connectivity index (χ0n) is 10.3. The van der Waals surface area contributed by atoms with E-state index in [0.717, 1.165) is 12.3 Å². The van der Waals surface area contributed by atoms with E-state index in [0.29, 0.717) is 12.1 Å². The summed E-state index contributed by atoms with van der Waals surface area (Å²) in [6, 6.07) is 11.7. The van der Waals surface area contributed by atoms with Gasteiger partial charge in [0, 0.05) is 29.3 Å². The van der Waals surface area contributed by atoms with Gasteiger partial charge in [-0.05, 0) is 37.8 Å². The van der Waals surface area contributed by atoms with Crippen molar-refractivity contribution in [2.45, 2.75) is 42.7 Å². The summed E-state index contributed by atoms with van der Waals surface area (Å²) < 4.78 is 0. The second kappa shape index (κ2) is 7.04. The third-order valence-corrected chi connectivity index (χ3v) is 4.33. The van der Waals surface area contributed by atoms with Crippen LogP contribution in [0.3, 0.4) is 0 Å². The van der Waals surface area contributed by atoms with Crippen molar-refractivity contribution < 1.29 is 0 Å². The molecule has 1 saturated carbocycles. The summed E-state index contributed by atoms with van der Waals surface area (Å²) in [5.74, 6) is 1.15. The lowest BCUT2D eigenvalue weighted by molar-refractivity contribution is 0.348. The minimum Gasteiger partial charge on any atom is -0.328 e. The fourth-order valence-corrected chi connectivity index (χ4v) is 3.08. The summed E-state index contributed by atoms with van der Waals surface area (Å²) in [5.41, 5.74) is 5.90. The number of nitrogens with one attached hydrogen (secondary N) is 1. The number of nitrogens with two attached hydrogens (primary N) is 1. The highest BCUT2D eigenvalue weighted by Gasteiger charge is 2.17. The first kappa shape index (κ1) is 12.9. The van der Waals surface area contributed by atoms with E-state index in [9.17, 15) is 0 Å². The zero-order chi connectivity index (χ0) is 11.9. The maximum Gasteiger partial charge on any atom is 0.0106 e. The van der Waals surface area contributed by atoms with Gasteiger partial charge in [0.2, 0.25) is 0 Å². The van der Waals surface area contributed by atoms with E-state index in [-0.39, 0.29) is 0 Å². The number of thioether (sulfide) groups is 1. The predicted octanol–water partition coefficient (Wildman–Crippen LogP) is 2.64. The third-order valence-electron chi connectivity index (χ3n) is 3.32. The van der Waals surface area contributed by atoms with Gasteiger partial charge in [0.25, 0.3) is 0 Å². The molecule has 0 radical (unpaired) electrons. The van der Waals surface area contributed by atoms with Crippen LogP contribution in [0.25, 0.3) is 0 Å². The molecule has 0 saturated heterocycles. The Labute approximate surface area is 108 Å². The molecular formula is C14H22N2S. The van der Waals surface area contributed by atoms with E-state index < -0.39 is 0 Å². The minimum atomic E-state index is 0.451. The van der Waals surface area contributed by atoms with Crippen LogP contribution in [0.4, 0.5) is 0 Å². The standard InChI is InChI=1S/C14H22N2S/c15-12-6-8-13(9-7-12)16-10-11-17-14-4-2-1-3-5-14/h1-5,12-13,16H,6-11,15H2. The molecule has 1 aliphatic rings. The van der Waals surface area contributed by atoms with Gasteiger partial charge in [0.1, 0.15) is 0 Å². The van der Waals surface area contributed by atoms with Crippen molar-refractivity contribution in [3.05, 3.63) is 30.3 Å². The minimum absolute atomic E-state index is 0.451. The molecule has 2 rings (SSSR count). The van der Waals surface area contributed by atoms with E-state index >= 15 is 0 Å². The maximum atomic E-state index is 5.90. The highest BCUT2D eigenvalue weighted by atomic mass is 32.2. The van der Waals surface area contributed by atoms with Crippen LogP contribution in [0.2, 0.25) is 0 Å². The lowest BCUT2D eigenvalue weighted by Crippen LogP contribution is -2.38. The van der Waals surface area contributed by atoms with Crippen molar-refractivity contribution in [3.63, 3.8) is 0 Å². The molecule has 0 bridgehead atoms. The Morgan fingerprint density at radius 1 is 1.12 bits per heavy atom. The molecular weight excluding hydrogens is 228 g/mol. The number of hydrogen-bond donors (Lipinski definition) is 2. The van der Waals surface area contributed by atoms with Crippen molar-refractivity contribution >= 4 is 11.8 Å². The summed E-state index contributed by atoms with van der Waals surface area (Å²) in [7, 11) is 0. The Morgan fingerprint density at radius 3 is 2.53 bits per heavy atom. The topological polar surface area (TPSA) is 38.0 Å². The van der Waals surface area contributed by atoms with Crippen LogP contribution in [0.1, 0.15) is 25.7 Å². The van der Waals surface area contributed by atoms with E-state index in [2.05, 4.69) is 35.6 Å². The van der Waals surface area contributed by atoms with Crippen molar-refractivity contribution in [2.24, 2.45) is 5.73 Å². The Hall–Kier alpha value is -0.510. The zero-order valence-corrected chi connectivity index (χ0v) is 11.1. The summed E-state index contributed by atoms with van der Waals surface area (Å²) in [6.07, 6.45) is 4.86. The van der Waals surface area contributed by atoms with Gasteiger partial charge in [-0.1, -0.05) is 18.2 Å². The average Bonchev–Trinajstić information content (AvgIpc) is 2.38. The Bertz CT molecular complexity index is 307. The van der Waals surface area contributed by atoms with E-state index in [1.54, 1.807) is 0 Å². The van der Waals surface area contributed by atoms with Gasteiger partial charge in [0.05, 0.1) is 0 Å². The van der Waals surface area contributed by atoms with Crippen molar-refractivity contribution in [3.8, 4) is 0 Å². The van der Waals surface area contributed by atoms with Crippen LogP contribution in [-0.4, -0.2) is 24.4 Å². The van der Waals surface area contributed by atoms with Gasteiger partial charge in [-0.15, -0.1) is 11.8 Å². The Morgan fingerprint density at radius 2 is 1.82 bits per heavy atom. The summed E-state index contributed by atoms with van der Waals surface area (Å²) in [6.45, 7) is 1.10. The average molecular weight is 250 g/mol. The predicted molar refractivity (Wildman–Crippen MR) is 75.4 cm³/mol. The van der Waals surface area contributed by atoms with E-state index in [1.165, 1.54) is 30.6 Å². The normalized spacial score (nSPS) is 24.8. The highest BCUT2D eigenvalue weighted by molar-refractivity contribution is 7.99. The molecule has 0 spiro atoms. The molecule has 1 aromatic rings. The second-order valence-electron chi connectivity index (χ2n) is 4.73. The van der Waals surface area contributed by atoms with Crippen molar-refractivity contribution in [2.75, 3.05) is 12.3 Å². The summed E-state index contributed by atoms with van der Waals surface area (Å²) in [4.78, 5) is 1.36. The van der Waals surface area contributed by atoms with Gasteiger partial charge < -0.3 is 11.1 Å². The van der Waals surface area contributed by atoms with E-state index in [4.69, 9.17) is 5.73 Å². The molecule has 3 heteroatoms. The SMILES string of the molecule is NC1CCC(NCCSc2ccccc2)CC1. The maximum absolute atomic E-state index is 5.90. The van der Waals surface area contributed by atoms with Gasteiger partial charge in [-0.2, -0.15) is 0 Å². The lowest BCUT2D eigenvalue weighted by Gasteiger charge is -2.26. The number of rotatable bonds is 5. The molecule has 0 atom stereocenters. The lowest BCUT2D eigenvalue weighted by atomic mass is 9.92. The molecule has 0 aromatic heterocycles. The molecule has 17 heavy (non-hydrogen) atoms. The van der Waals surface area contributed by atoms with Crippen LogP contribution < -0.4 is 11.1 Å². The largest absolute Gasteiger partial charge is 0.328 e. The van der Waals surface area contributed by atoms with Crippen LogP contribution in [-0.2, 0) is 0 Å². The first-order valence-electron chi connectivity index (χ1n) is 6.51. The second-order valence-corrected chi connectivity index (χ2v) is 5.90. The number of hydrogen-bond acceptors (Lipinski definition) is 3. The monoisotopic (exact) mass is 250 g/mol. The third kappa shape index (κ3) is 4.70. The molecule has 0 amide bonds. The van der Waals surface area contributed by atoms with Crippen LogP contribution in [0.5, 0.6) is 0 Å². The highest BCUT2D eigenvalue weighted by Crippen LogP contribution is 2.18. The van der Waals surface area contributed by atoms with Gasteiger partial charge in [-0.3, -0.25) is 0 Å². The Kier molecular flexibility index (Phi) is 5.36. The van der Waals surface area contributed by atoms with Gasteiger partial charge >= 0.3 is 0 Å². The van der Waals surface area contributed by atoms with Crippen LogP contribution in [0, 0.1) is 0 Å². The van der Waals surface area contributed by atoms with Crippen molar-refractivity contribution in [1.29, 1.82) is 0 Å². The molecule has 94 valence electrons. The van der Waals surface area contributed by atoms with Crippen LogP contribution in [0.15, 0.2) is 35.2 Å². The molecule has 1 aromatic carbocycles. The summed E-state index contributed by atoms with van der Waals surface area (Å²) >= 11 is 1.92. The van der Waals surface area contributed by atoms with Gasteiger partial charge in [0.15, 0.2) is 0 Å². The first-order valence-corrected chi connectivity index (χ1v) is 7.50. The molecule has 3 N–H and O–H groups in total. The molecule has 0 aliphatic heterocycles.